The largest absolute Gasteiger partial charge is 0.363 e. The van der Waals surface area contributed by atoms with Gasteiger partial charge in [-0.2, -0.15) is 0 Å². The zero-order valence-corrected chi connectivity index (χ0v) is 4.16. The van der Waals surface area contributed by atoms with E-state index in [2.05, 4.69) is 9.98 Å². The first-order chi connectivity index (χ1) is 3.80. The van der Waals surface area contributed by atoms with Crippen LogP contribution in [0.3, 0.4) is 0 Å². The molecule has 0 spiro atoms. The van der Waals surface area contributed by atoms with E-state index in [1.54, 1.807) is 6.21 Å². The molecule has 0 atom stereocenters. The quantitative estimate of drug-likeness (QED) is 0.461. The van der Waals surface area contributed by atoms with Gasteiger partial charge in [-0.25, -0.2) is 4.99 Å². The Morgan fingerprint density at radius 2 is 2.62 bits per heavy atom. The molecule has 42 valence electrons. The molecule has 0 unspecified atom stereocenters. The van der Waals surface area contributed by atoms with Gasteiger partial charge in [0.25, 0.3) is 5.91 Å². The van der Waals surface area contributed by atoms with Crippen molar-refractivity contribution in [3.05, 3.63) is 0 Å². The summed E-state index contributed by atoms with van der Waals surface area (Å²) in [5.74, 6) is -0.427. The van der Waals surface area contributed by atoms with Crippen LogP contribution in [0.2, 0.25) is 0 Å². The Kier molecular flexibility index (Phi) is 1.07. The van der Waals surface area contributed by atoms with Gasteiger partial charge in [0.05, 0.1) is 6.54 Å². The van der Waals surface area contributed by atoms with Crippen molar-refractivity contribution in [2.24, 2.45) is 15.7 Å². The van der Waals surface area contributed by atoms with Gasteiger partial charge in [-0.15, -0.1) is 0 Å². The minimum absolute atomic E-state index is 0.130. The van der Waals surface area contributed by atoms with Crippen LogP contribution in [0.5, 0.6) is 0 Å². The standard InChI is InChI=1S/C4H5N3O/c5-3(8)4-6-1-2-7-4/h1H,2H2,(H2,5,8). The van der Waals surface area contributed by atoms with Gasteiger partial charge >= 0.3 is 0 Å². The van der Waals surface area contributed by atoms with Gasteiger partial charge < -0.3 is 5.73 Å². The molecular weight excluding hydrogens is 106 g/mol. The number of amidine groups is 1. The summed E-state index contributed by atoms with van der Waals surface area (Å²) in [4.78, 5) is 17.4. The average Bonchev–Trinajstić information content (AvgIpc) is 2.12. The first-order valence-electron chi connectivity index (χ1n) is 2.17. The molecular formula is C4H5N3O. The fourth-order valence-corrected chi connectivity index (χ4v) is 0.437. The van der Waals surface area contributed by atoms with Crippen molar-refractivity contribution < 1.29 is 4.79 Å². The van der Waals surface area contributed by atoms with Gasteiger partial charge in [0.2, 0.25) is 5.84 Å². The predicted octanol–water partition coefficient (Wildman–Crippen LogP) is -1.05. The van der Waals surface area contributed by atoms with Crippen molar-refractivity contribution in [2.75, 3.05) is 6.54 Å². The van der Waals surface area contributed by atoms with Crippen LogP contribution in [0.15, 0.2) is 9.98 Å². The fraction of sp³-hybridized carbons (Fsp3) is 0.250. The minimum atomic E-state index is -0.557. The number of primary amides is 1. The lowest BCUT2D eigenvalue weighted by Crippen LogP contribution is -2.19. The summed E-state index contributed by atoms with van der Waals surface area (Å²) in [5, 5.41) is 0. The number of carbonyl (C=O) groups excluding carboxylic acids is 1. The first-order valence-corrected chi connectivity index (χ1v) is 2.17. The van der Waals surface area contributed by atoms with Gasteiger partial charge in [0, 0.05) is 6.21 Å². The topological polar surface area (TPSA) is 67.8 Å². The van der Waals surface area contributed by atoms with Crippen molar-refractivity contribution >= 4 is 18.0 Å². The second kappa shape index (κ2) is 1.73. The smallest absolute Gasteiger partial charge is 0.286 e. The third kappa shape index (κ3) is 0.726. The summed E-state index contributed by atoms with van der Waals surface area (Å²) in [5.41, 5.74) is 4.81. The average molecular weight is 111 g/mol. The van der Waals surface area contributed by atoms with E-state index in [4.69, 9.17) is 5.73 Å². The number of nitrogens with two attached hydrogens (primary N) is 1. The van der Waals surface area contributed by atoms with Crippen LogP contribution in [0.1, 0.15) is 0 Å². The van der Waals surface area contributed by atoms with Crippen LogP contribution >= 0.6 is 0 Å². The van der Waals surface area contributed by atoms with Crippen molar-refractivity contribution in [3.63, 3.8) is 0 Å². The summed E-state index contributed by atoms with van der Waals surface area (Å²) >= 11 is 0. The van der Waals surface area contributed by atoms with Crippen molar-refractivity contribution in [1.29, 1.82) is 0 Å². The monoisotopic (exact) mass is 111 g/mol. The Bertz CT molecular complexity index is 170. The van der Waals surface area contributed by atoms with E-state index < -0.39 is 5.91 Å². The zero-order valence-electron chi connectivity index (χ0n) is 4.16. The molecule has 4 nitrogen and oxygen atoms in total. The Labute approximate surface area is 46.1 Å². The molecule has 8 heavy (non-hydrogen) atoms. The Balaban J connectivity index is 2.72. The lowest BCUT2D eigenvalue weighted by molar-refractivity contribution is -0.112. The van der Waals surface area contributed by atoms with E-state index >= 15 is 0 Å². The number of aliphatic imine (C=N–C) groups is 2. The molecule has 2 N–H and O–H groups in total. The Hall–Kier alpha value is -1.19. The Morgan fingerprint density at radius 3 is 2.88 bits per heavy atom. The molecule has 0 aliphatic carbocycles. The third-order valence-electron chi connectivity index (χ3n) is 0.757. The predicted molar refractivity (Wildman–Crippen MR) is 30.0 cm³/mol. The van der Waals surface area contributed by atoms with E-state index in [1.165, 1.54) is 0 Å². The molecule has 0 radical (unpaired) electrons. The van der Waals surface area contributed by atoms with Gasteiger partial charge in [-0.3, -0.25) is 9.79 Å². The minimum Gasteiger partial charge on any atom is -0.363 e. The van der Waals surface area contributed by atoms with Crippen LogP contribution in [-0.4, -0.2) is 24.5 Å². The highest BCUT2D eigenvalue weighted by Gasteiger charge is 2.05. The highest BCUT2D eigenvalue weighted by atomic mass is 16.1. The van der Waals surface area contributed by atoms with Crippen LogP contribution in [-0.2, 0) is 4.79 Å². The normalized spacial score (nSPS) is 16.2. The van der Waals surface area contributed by atoms with Gasteiger partial charge in [-0.1, -0.05) is 0 Å². The summed E-state index contributed by atoms with van der Waals surface area (Å²) in [6.45, 7) is 0.484. The Morgan fingerprint density at radius 1 is 1.88 bits per heavy atom. The molecule has 1 aliphatic heterocycles. The van der Waals surface area contributed by atoms with Crippen molar-refractivity contribution in [1.82, 2.24) is 0 Å². The van der Waals surface area contributed by atoms with E-state index in [0.29, 0.717) is 6.54 Å². The molecule has 0 bridgehead atoms. The molecule has 0 saturated heterocycles. The highest BCUT2D eigenvalue weighted by Crippen LogP contribution is 1.85. The molecule has 0 aromatic heterocycles. The van der Waals surface area contributed by atoms with Crippen LogP contribution in [0.25, 0.3) is 0 Å². The van der Waals surface area contributed by atoms with Gasteiger partial charge in [0.15, 0.2) is 0 Å². The molecule has 1 heterocycles. The highest BCUT2D eigenvalue weighted by molar-refractivity contribution is 6.39. The first kappa shape index (κ1) is 4.96. The van der Waals surface area contributed by atoms with Crippen molar-refractivity contribution in [3.8, 4) is 0 Å². The molecule has 1 rings (SSSR count). The molecule has 4 heteroatoms. The molecule has 1 amide bonds. The second-order valence-corrected chi connectivity index (χ2v) is 1.34. The van der Waals surface area contributed by atoms with E-state index in [9.17, 15) is 4.79 Å². The van der Waals surface area contributed by atoms with Gasteiger partial charge in [-0.05, 0) is 0 Å². The van der Waals surface area contributed by atoms with Crippen molar-refractivity contribution in [2.45, 2.75) is 0 Å². The van der Waals surface area contributed by atoms with E-state index in [0.717, 1.165) is 0 Å². The molecule has 0 aromatic carbocycles. The van der Waals surface area contributed by atoms with Crippen LogP contribution in [0, 0.1) is 0 Å². The zero-order chi connectivity index (χ0) is 5.98. The summed E-state index contributed by atoms with van der Waals surface area (Å²) in [6.07, 6.45) is 1.54. The lowest BCUT2D eigenvalue weighted by atomic mass is 10.6. The van der Waals surface area contributed by atoms with E-state index in [-0.39, 0.29) is 5.84 Å². The fourth-order valence-electron chi connectivity index (χ4n) is 0.437. The SMILES string of the molecule is NC(=O)C1=NCC=N1. The number of hydrogen-bond acceptors (Lipinski definition) is 3. The third-order valence-corrected chi connectivity index (χ3v) is 0.757. The molecule has 0 fully saturated rings. The molecule has 0 saturated carbocycles. The second-order valence-electron chi connectivity index (χ2n) is 1.34. The maximum absolute atomic E-state index is 10.2. The number of hydrogen-bond donors (Lipinski definition) is 1. The van der Waals surface area contributed by atoms with Crippen LogP contribution < -0.4 is 5.73 Å². The van der Waals surface area contributed by atoms with E-state index in [1.807, 2.05) is 0 Å². The maximum atomic E-state index is 10.2. The van der Waals surface area contributed by atoms with Crippen LogP contribution in [0.4, 0.5) is 0 Å². The number of rotatable bonds is 1. The number of nitrogens with zero attached hydrogens (tertiary/aromatic N) is 2. The lowest BCUT2D eigenvalue weighted by Gasteiger charge is -1.82. The van der Waals surface area contributed by atoms with Gasteiger partial charge in [0.1, 0.15) is 0 Å². The molecule has 1 aliphatic rings. The summed E-state index contributed by atoms with van der Waals surface area (Å²) in [7, 11) is 0. The summed E-state index contributed by atoms with van der Waals surface area (Å²) < 4.78 is 0. The number of amides is 1. The maximum Gasteiger partial charge on any atom is 0.286 e. The molecule has 0 aromatic rings. The number of carbonyl (C=O) groups is 1. The summed E-state index contributed by atoms with van der Waals surface area (Å²) in [6, 6.07) is 0.